The van der Waals surface area contributed by atoms with E-state index in [0.717, 1.165) is 17.9 Å². The molecule has 10 heteroatoms. The molecule has 4 N–H and O–H groups in total. The van der Waals surface area contributed by atoms with Crippen LogP contribution in [-0.2, 0) is 12.2 Å². The highest BCUT2D eigenvalue weighted by molar-refractivity contribution is 7.98. The number of hydrogen-bond donors (Lipinski definition) is 3. The first-order valence-corrected chi connectivity index (χ1v) is 10.4. The van der Waals surface area contributed by atoms with E-state index in [0.29, 0.717) is 22.7 Å². The summed E-state index contributed by atoms with van der Waals surface area (Å²) in [5, 5.41) is 13.1. The maximum absolute atomic E-state index is 5.84. The van der Waals surface area contributed by atoms with Gasteiger partial charge in [-0.1, -0.05) is 35.5 Å². The van der Waals surface area contributed by atoms with Crippen LogP contribution in [0.2, 0.25) is 0 Å². The van der Waals surface area contributed by atoms with E-state index in [2.05, 4.69) is 46.9 Å². The van der Waals surface area contributed by atoms with Crippen LogP contribution in [0.15, 0.2) is 46.9 Å². The van der Waals surface area contributed by atoms with Crippen LogP contribution in [0.5, 0.6) is 0 Å². The number of nitrogens with zero attached hydrogens (tertiary/aromatic N) is 5. The Morgan fingerprint density at radius 1 is 1.11 bits per heavy atom. The van der Waals surface area contributed by atoms with Crippen LogP contribution in [0, 0.1) is 6.92 Å². The minimum Gasteiger partial charge on any atom is -0.368 e. The molecule has 0 unspecified atom stereocenters. The number of aromatic nitrogens is 6. The van der Waals surface area contributed by atoms with Gasteiger partial charge in [0, 0.05) is 17.0 Å². The zero-order valence-electron chi connectivity index (χ0n) is 15.1. The number of nitrogen functional groups attached to an aromatic ring is 1. The number of anilines is 3. The van der Waals surface area contributed by atoms with Gasteiger partial charge in [-0.2, -0.15) is 15.0 Å². The van der Waals surface area contributed by atoms with Crippen LogP contribution in [0.3, 0.4) is 0 Å². The van der Waals surface area contributed by atoms with E-state index in [1.165, 1.54) is 22.2 Å². The molecule has 0 bridgehead atoms. The van der Waals surface area contributed by atoms with E-state index in [-0.39, 0.29) is 5.95 Å². The highest BCUT2D eigenvalue weighted by Gasteiger charge is 2.09. The van der Waals surface area contributed by atoms with Crippen LogP contribution in [0.25, 0.3) is 0 Å². The summed E-state index contributed by atoms with van der Waals surface area (Å²) in [5.41, 5.74) is 7.91. The maximum atomic E-state index is 5.84. The van der Waals surface area contributed by atoms with Gasteiger partial charge in [-0.3, -0.25) is 5.10 Å². The van der Waals surface area contributed by atoms with Crippen molar-refractivity contribution in [3.8, 4) is 0 Å². The quantitative estimate of drug-likeness (QED) is 0.396. The molecule has 142 valence electrons. The number of nitrogens with two attached hydrogens (primary N) is 1. The van der Waals surface area contributed by atoms with E-state index >= 15 is 0 Å². The molecule has 0 aliphatic rings. The number of aryl methyl sites for hydroxylation is 1. The third-order valence-corrected chi connectivity index (χ3v) is 5.49. The number of aromatic amines is 1. The van der Waals surface area contributed by atoms with E-state index in [4.69, 9.17) is 5.73 Å². The molecule has 0 fully saturated rings. The SMILES string of the molecule is Cc1ccc(Nc2nc(N)nc(CSc3n[nH]c(Cc4cccs4)n3)n2)cc1. The Kier molecular flexibility index (Phi) is 5.49. The Balaban J connectivity index is 1.40. The van der Waals surface area contributed by atoms with Crippen molar-refractivity contribution in [2.75, 3.05) is 11.1 Å². The van der Waals surface area contributed by atoms with E-state index in [1.54, 1.807) is 11.3 Å². The van der Waals surface area contributed by atoms with Crippen LogP contribution < -0.4 is 11.1 Å². The maximum Gasteiger partial charge on any atom is 0.232 e. The van der Waals surface area contributed by atoms with Crippen LogP contribution in [0.4, 0.5) is 17.6 Å². The average molecular weight is 411 g/mol. The molecule has 8 nitrogen and oxygen atoms in total. The van der Waals surface area contributed by atoms with Crippen LogP contribution >= 0.6 is 23.1 Å². The lowest BCUT2D eigenvalue weighted by molar-refractivity contribution is 0.951. The Morgan fingerprint density at radius 2 is 1.96 bits per heavy atom. The summed E-state index contributed by atoms with van der Waals surface area (Å²) in [6.45, 7) is 2.04. The first-order chi connectivity index (χ1) is 13.6. The molecule has 3 heterocycles. The number of thiophene rings is 1. The summed E-state index contributed by atoms with van der Waals surface area (Å²) in [6.07, 6.45) is 0.745. The highest BCUT2D eigenvalue weighted by atomic mass is 32.2. The van der Waals surface area contributed by atoms with Crippen LogP contribution in [0.1, 0.15) is 22.1 Å². The second-order valence-corrected chi connectivity index (χ2v) is 8.01. The first kappa shape index (κ1) is 18.4. The van der Waals surface area contributed by atoms with Gasteiger partial charge in [0.25, 0.3) is 0 Å². The summed E-state index contributed by atoms with van der Waals surface area (Å²) >= 11 is 3.15. The third kappa shape index (κ3) is 4.84. The number of benzene rings is 1. The smallest absolute Gasteiger partial charge is 0.232 e. The van der Waals surface area contributed by atoms with Gasteiger partial charge < -0.3 is 11.1 Å². The van der Waals surface area contributed by atoms with Gasteiger partial charge in [-0.05, 0) is 30.5 Å². The largest absolute Gasteiger partial charge is 0.368 e. The summed E-state index contributed by atoms with van der Waals surface area (Å²) in [6, 6.07) is 12.1. The van der Waals surface area contributed by atoms with Crippen molar-refractivity contribution >= 4 is 40.7 Å². The minimum atomic E-state index is 0.175. The van der Waals surface area contributed by atoms with E-state index in [1.807, 2.05) is 37.3 Å². The molecular formula is C18H18N8S2. The third-order valence-electron chi connectivity index (χ3n) is 3.77. The molecule has 0 saturated heterocycles. The molecule has 0 aliphatic carbocycles. The molecule has 0 amide bonds. The van der Waals surface area contributed by atoms with Crippen molar-refractivity contribution in [3.63, 3.8) is 0 Å². The summed E-state index contributed by atoms with van der Waals surface area (Å²) in [5.74, 6) is 2.48. The molecule has 28 heavy (non-hydrogen) atoms. The van der Waals surface area contributed by atoms with Crippen molar-refractivity contribution in [1.29, 1.82) is 0 Å². The fourth-order valence-corrected chi connectivity index (χ4v) is 3.83. The predicted octanol–water partition coefficient (Wildman–Crippen LogP) is 3.57. The number of hydrogen-bond acceptors (Lipinski definition) is 9. The lowest BCUT2D eigenvalue weighted by Crippen LogP contribution is -2.06. The topological polar surface area (TPSA) is 118 Å². The van der Waals surface area contributed by atoms with Gasteiger partial charge >= 0.3 is 0 Å². The predicted molar refractivity (Wildman–Crippen MR) is 112 cm³/mol. The Morgan fingerprint density at radius 3 is 2.75 bits per heavy atom. The average Bonchev–Trinajstić information content (AvgIpc) is 3.34. The monoisotopic (exact) mass is 410 g/mol. The normalized spacial score (nSPS) is 10.9. The summed E-state index contributed by atoms with van der Waals surface area (Å²) < 4.78 is 0. The first-order valence-electron chi connectivity index (χ1n) is 8.54. The standard InChI is InChI=1S/C18H18N8S2/c1-11-4-6-12(7-5-11)20-17-22-15(21-16(19)24-17)10-28-18-23-14(25-26-18)9-13-3-2-8-27-13/h2-8H,9-10H2,1H3,(H,23,25,26)(H3,19,20,21,22,24). The van der Waals surface area contributed by atoms with Crippen molar-refractivity contribution < 1.29 is 0 Å². The van der Waals surface area contributed by atoms with Crippen molar-refractivity contribution in [3.05, 3.63) is 63.9 Å². The summed E-state index contributed by atoms with van der Waals surface area (Å²) in [7, 11) is 0. The Hall–Kier alpha value is -2.98. The van der Waals surface area contributed by atoms with Gasteiger partial charge in [-0.15, -0.1) is 16.4 Å². The number of nitrogens with one attached hydrogen (secondary N) is 2. The molecule has 4 rings (SSSR count). The zero-order valence-corrected chi connectivity index (χ0v) is 16.7. The second-order valence-electron chi connectivity index (χ2n) is 6.03. The molecule has 0 spiro atoms. The van der Waals surface area contributed by atoms with E-state index in [9.17, 15) is 0 Å². The lowest BCUT2D eigenvalue weighted by Gasteiger charge is -2.07. The number of H-pyrrole nitrogens is 1. The van der Waals surface area contributed by atoms with Crippen LogP contribution in [-0.4, -0.2) is 30.1 Å². The van der Waals surface area contributed by atoms with Gasteiger partial charge in [0.15, 0.2) is 0 Å². The molecule has 0 atom stereocenters. The fourth-order valence-electron chi connectivity index (χ4n) is 2.45. The number of thioether (sulfide) groups is 1. The fraction of sp³-hybridized carbons (Fsp3) is 0.167. The molecule has 0 radical (unpaired) electrons. The zero-order chi connectivity index (χ0) is 19.3. The van der Waals surface area contributed by atoms with Gasteiger partial charge in [0.1, 0.15) is 11.6 Å². The molecular weight excluding hydrogens is 392 g/mol. The Bertz CT molecular complexity index is 1040. The van der Waals surface area contributed by atoms with Crippen molar-refractivity contribution in [2.24, 2.45) is 0 Å². The van der Waals surface area contributed by atoms with E-state index < -0.39 is 0 Å². The molecule has 0 aliphatic heterocycles. The van der Waals surface area contributed by atoms with Gasteiger partial charge in [0.2, 0.25) is 17.1 Å². The molecule has 1 aromatic carbocycles. The van der Waals surface area contributed by atoms with Gasteiger partial charge in [0.05, 0.1) is 5.75 Å². The lowest BCUT2D eigenvalue weighted by atomic mass is 10.2. The second kappa shape index (κ2) is 8.36. The van der Waals surface area contributed by atoms with Crippen molar-refractivity contribution in [1.82, 2.24) is 30.1 Å². The van der Waals surface area contributed by atoms with Gasteiger partial charge in [-0.25, -0.2) is 4.98 Å². The minimum absolute atomic E-state index is 0.175. The molecule has 0 saturated carbocycles. The molecule has 4 aromatic rings. The molecule has 3 aromatic heterocycles. The Labute approximate surface area is 170 Å². The summed E-state index contributed by atoms with van der Waals surface area (Å²) in [4.78, 5) is 18.5. The highest BCUT2D eigenvalue weighted by Crippen LogP contribution is 2.20. The number of rotatable bonds is 7. The van der Waals surface area contributed by atoms with Crippen molar-refractivity contribution in [2.45, 2.75) is 24.3 Å².